The fourth-order valence-corrected chi connectivity index (χ4v) is 1.81. The first-order valence-electron chi connectivity index (χ1n) is 5.04. The van der Waals surface area contributed by atoms with E-state index in [1.807, 2.05) is 13.8 Å². The Morgan fingerprint density at radius 3 is 2.85 bits per heavy atom. The quantitative estimate of drug-likeness (QED) is 0.677. The Kier molecular flexibility index (Phi) is 3.31. The second kappa shape index (κ2) is 4.09. The van der Waals surface area contributed by atoms with Gasteiger partial charge in [-0.15, -0.1) is 0 Å². The molecule has 1 aliphatic rings. The Hall–Kier alpha value is -0.570. The molecule has 3 nitrogen and oxygen atoms in total. The number of rotatable bonds is 3. The summed E-state index contributed by atoms with van der Waals surface area (Å²) in [6, 6.07) is -0.0168. The number of hydrogen-bond acceptors (Lipinski definition) is 3. The van der Waals surface area contributed by atoms with Crippen molar-refractivity contribution in [3.05, 3.63) is 0 Å². The molecule has 76 valence electrons. The minimum atomic E-state index is -0.421. The maximum atomic E-state index is 11.6. The van der Waals surface area contributed by atoms with Crippen LogP contribution in [0.25, 0.3) is 0 Å². The molecule has 2 N–H and O–H groups in total. The number of carbonyl (C=O) groups excluding carboxylic acids is 1. The number of nitrogens with two attached hydrogens (primary N) is 1. The highest BCUT2D eigenvalue weighted by atomic mass is 16.5. The molecule has 0 saturated heterocycles. The van der Waals surface area contributed by atoms with E-state index < -0.39 is 5.41 Å². The topological polar surface area (TPSA) is 52.3 Å². The van der Waals surface area contributed by atoms with Gasteiger partial charge in [-0.3, -0.25) is 4.79 Å². The highest BCUT2D eigenvalue weighted by Crippen LogP contribution is 2.37. The van der Waals surface area contributed by atoms with Gasteiger partial charge in [0.25, 0.3) is 0 Å². The van der Waals surface area contributed by atoms with Gasteiger partial charge in [0.05, 0.1) is 12.0 Å². The van der Waals surface area contributed by atoms with Gasteiger partial charge in [-0.05, 0) is 26.2 Å². The van der Waals surface area contributed by atoms with E-state index in [9.17, 15) is 4.79 Å². The van der Waals surface area contributed by atoms with Gasteiger partial charge < -0.3 is 10.5 Å². The summed E-state index contributed by atoms with van der Waals surface area (Å²) in [5.41, 5.74) is 5.46. The van der Waals surface area contributed by atoms with Crippen LogP contribution in [0.15, 0.2) is 0 Å². The van der Waals surface area contributed by atoms with Crippen LogP contribution >= 0.6 is 0 Å². The molecule has 0 bridgehead atoms. The van der Waals surface area contributed by atoms with Crippen LogP contribution in [0.2, 0.25) is 0 Å². The molecule has 1 rings (SSSR count). The van der Waals surface area contributed by atoms with Crippen LogP contribution in [0.1, 0.15) is 39.5 Å². The van der Waals surface area contributed by atoms with Crippen LogP contribution in [0, 0.1) is 5.41 Å². The third-order valence-corrected chi connectivity index (χ3v) is 2.93. The lowest BCUT2D eigenvalue weighted by Crippen LogP contribution is -2.42. The monoisotopic (exact) mass is 185 g/mol. The molecule has 0 aromatic heterocycles. The number of carbonyl (C=O) groups is 1. The third-order valence-electron chi connectivity index (χ3n) is 2.93. The molecular weight excluding hydrogens is 166 g/mol. The van der Waals surface area contributed by atoms with E-state index in [1.54, 1.807) is 0 Å². The van der Waals surface area contributed by atoms with Crippen LogP contribution < -0.4 is 5.73 Å². The van der Waals surface area contributed by atoms with E-state index in [-0.39, 0.29) is 12.0 Å². The first kappa shape index (κ1) is 10.5. The van der Waals surface area contributed by atoms with Gasteiger partial charge in [0.2, 0.25) is 0 Å². The summed E-state index contributed by atoms with van der Waals surface area (Å²) in [6.07, 6.45) is 3.73. The summed E-state index contributed by atoms with van der Waals surface area (Å²) >= 11 is 0. The van der Waals surface area contributed by atoms with Crippen molar-refractivity contribution in [3.8, 4) is 0 Å². The van der Waals surface area contributed by atoms with E-state index >= 15 is 0 Å². The SMILES string of the molecule is CCCOC(=O)C1(C)CCCC1N. The molecule has 2 unspecified atom stereocenters. The maximum absolute atomic E-state index is 11.6. The molecule has 0 spiro atoms. The van der Waals surface area contributed by atoms with Crippen molar-refractivity contribution in [1.29, 1.82) is 0 Å². The zero-order valence-corrected chi connectivity index (χ0v) is 8.51. The number of ether oxygens (including phenoxy) is 1. The Bertz CT molecular complexity index is 193. The Morgan fingerprint density at radius 2 is 2.38 bits per heavy atom. The largest absolute Gasteiger partial charge is 0.465 e. The van der Waals surface area contributed by atoms with Crippen LogP contribution in [0.5, 0.6) is 0 Å². The van der Waals surface area contributed by atoms with Crippen molar-refractivity contribution in [1.82, 2.24) is 0 Å². The first-order valence-corrected chi connectivity index (χ1v) is 5.04. The first-order chi connectivity index (χ1) is 6.11. The summed E-state index contributed by atoms with van der Waals surface area (Å²) in [4.78, 5) is 11.6. The molecule has 0 amide bonds. The van der Waals surface area contributed by atoms with Gasteiger partial charge >= 0.3 is 5.97 Å². The zero-order valence-electron chi connectivity index (χ0n) is 8.51. The molecule has 0 aliphatic heterocycles. The molecule has 1 saturated carbocycles. The van der Waals surface area contributed by atoms with Crippen molar-refractivity contribution in [2.24, 2.45) is 11.1 Å². The van der Waals surface area contributed by atoms with E-state index in [0.717, 1.165) is 25.7 Å². The normalized spacial score (nSPS) is 33.3. The Labute approximate surface area is 79.6 Å². The molecule has 13 heavy (non-hydrogen) atoms. The fourth-order valence-electron chi connectivity index (χ4n) is 1.81. The zero-order chi connectivity index (χ0) is 9.90. The van der Waals surface area contributed by atoms with Crippen molar-refractivity contribution in [2.45, 2.75) is 45.6 Å². The molecule has 2 atom stereocenters. The molecule has 1 aliphatic carbocycles. The summed E-state index contributed by atoms with van der Waals surface area (Å²) < 4.78 is 5.13. The predicted octanol–water partition coefficient (Wildman–Crippen LogP) is 1.46. The summed E-state index contributed by atoms with van der Waals surface area (Å²) in [6.45, 7) is 4.42. The van der Waals surface area contributed by atoms with Gasteiger partial charge in [0.1, 0.15) is 0 Å². The number of esters is 1. The highest BCUT2D eigenvalue weighted by Gasteiger charge is 2.44. The molecule has 1 fully saturated rings. The lowest BCUT2D eigenvalue weighted by Gasteiger charge is -2.26. The van der Waals surface area contributed by atoms with E-state index in [0.29, 0.717) is 6.61 Å². The lowest BCUT2D eigenvalue weighted by atomic mass is 9.85. The molecule has 3 heteroatoms. The minimum Gasteiger partial charge on any atom is -0.465 e. The van der Waals surface area contributed by atoms with E-state index in [1.165, 1.54) is 0 Å². The number of hydrogen-bond donors (Lipinski definition) is 1. The predicted molar refractivity (Wildman–Crippen MR) is 51.2 cm³/mol. The third kappa shape index (κ3) is 2.02. The Morgan fingerprint density at radius 1 is 1.69 bits per heavy atom. The summed E-state index contributed by atoms with van der Waals surface area (Å²) in [7, 11) is 0. The van der Waals surface area contributed by atoms with Crippen LogP contribution in [0.3, 0.4) is 0 Å². The van der Waals surface area contributed by atoms with Crippen molar-refractivity contribution >= 4 is 5.97 Å². The van der Waals surface area contributed by atoms with Gasteiger partial charge in [0, 0.05) is 6.04 Å². The standard InChI is InChI=1S/C10H19NO2/c1-3-7-13-9(12)10(2)6-4-5-8(10)11/h8H,3-7,11H2,1-2H3. The van der Waals surface area contributed by atoms with E-state index in [2.05, 4.69) is 0 Å². The van der Waals surface area contributed by atoms with Gasteiger partial charge in [-0.2, -0.15) is 0 Å². The second-order valence-electron chi connectivity index (χ2n) is 4.05. The minimum absolute atomic E-state index is 0.0168. The second-order valence-corrected chi connectivity index (χ2v) is 4.05. The molecule has 0 heterocycles. The van der Waals surface area contributed by atoms with Gasteiger partial charge in [-0.1, -0.05) is 13.3 Å². The van der Waals surface area contributed by atoms with Gasteiger partial charge in [0.15, 0.2) is 0 Å². The van der Waals surface area contributed by atoms with Gasteiger partial charge in [-0.25, -0.2) is 0 Å². The smallest absolute Gasteiger partial charge is 0.313 e. The molecule has 0 radical (unpaired) electrons. The van der Waals surface area contributed by atoms with Crippen molar-refractivity contribution in [3.63, 3.8) is 0 Å². The molecule has 0 aromatic rings. The summed E-state index contributed by atoms with van der Waals surface area (Å²) in [5.74, 6) is -0.112. The van der Waals surface area contributed by atoms with Crippen LogP contribution in [0.4, 0.5) is 0 Å². The average molecular weight is 185 g/mol. The van der Waals surface area contributed by atoms with Crippen molar-refractivity contribution in [2.75, 3.05) is 6.61 Å². The average Bonchev–Trinajstić information content (AvgIpc) is 2.44. The highest BCUT2D eigenvalue weighted by molar-refractivity contribution is 5.77. The fraction of sp³-hybridized carbons (Fsp3) is 0.900. The van der Waals surface area contributed by atoms with E-state index in [4.69, 9.17) is 10.5 Å². The summed E-state index contributed by atoms with van der Waals surface area (Å²) in [5, 5.41) is 0. The van der Waals surface area contributed by atoms with Crippen LogP contribution in [-0.4, -0.2) is 18.6 Å². The lowest BCUT2D eigenvalue weighted by molar-refractivity contribution is -0.155. The molecular formula is C10H19NO2. The maximum Gasteiger partial charge on any atom is 0.313 e. The molecule has 0 aromatic carbocycles. The Balaban J connectivity index is 2.53. The van der Waals surface area contributed by atoms with Crippen molar-refractivity contribution < 1.29 is 9.53 Å². The van der Waals surface area contributed by atoms with Crippen LogP contribution in [-0.2, 0) is 9.53 Å².